The van der Waals surface area contributed by atoms with E-state index in [9.17, 15) is 14.0 Å². The van der Waals surface area contributed by atoms with E-state index >= 15 is 0 Å². The Hall–Kier alpha value is -2.11. The van der Waals surface area contributed by atoms with Crippen LogP contribution in [-0.2, 0) is 4.79 Å². The van der Waals surface area contributed by atoms with Crippen molar-refractivity contribution in [3.63, 3.8) is 0 Å². The first-order valence-corrected chi connectivity index (χ1v) is 7.82. The largest absolute Gasteiger partial charge is 0.324 e. The monoisotopic (exact) mass is 323 g/mol. The molecule has 6 heteroatoms. The van der Waals surface area contributed by atoms with Gasteiger partial charge in [0, 0.05) is 25.7 Å². The van der Waals surface area contributed by atoms with Crippen LogP contribution in [0.4, 0.5) is 20.6 Å². The Morgan fingerprint density at radius 2 is 1.65 bits per heavy atom. The van der Waals surface area contributed by atoms with Gasteiger partial charge in [0.1, 0.15) is 5.82 Å². The molecule has 0 radical (unpaired) electrons. The minimum Gasteiger partial charge on any atom is -0.324 e. The van der Waals surface area contributed by atoms with Crippen LogP contribution in [0.5, 0.6) is 0 Å². The lowest BCUT2D eigenvalue weighted by Gasteiger charge is -2.26. The summed E-state index contributed by atoms with van der Waals surface area (Å²) in [6.07, 6.45) is 0. The maximum atomic E-state index is 13.6. The van der Waals surface area contributed by atoms with Gasteiger partial charge in [0.05, 0.1) is 5.69 Å². The van der Waals surface area contributed by atoms with Crippen molar-refractivity contribution in [2.75, 3.05) is 23.7 Å². The minimum atomic E-state index is -0.542. The Morgan fingerprint density at radius 1 is 1.09 bits per heavy atom. The summed E-state index contributed by atoms with van der Waals surface area (Å²) in [4.78, 5) is 25.3. The molecular weight excluding hydrogens is 297 g/mol. The summed E-state index contributed by atoms with van der Waals surface area (Å²) >= 11 is 0. The van der Waals surface area contributed by atoms with Gasteiger partial charge >= 0.3 is 6.03 Å². The number of halogens is 1. The van der Waals surface area contributed by atoms with Crippen molar-refractivity contribution >= 4 is 23.3 Å². The van der Waals surface area contributed by atoms with E-state index in [1.54, 1.807) is 4.90 Å². The van der Waals surface area contributed by atoms with Crippen LogP contribution >= 0.6 is 0 Å². The molecular formula is C17H26FN3O2. The van der Waals surface area contributed by atoms with Gasteiger partial charge in [0.25, 0.3) is 0 Å². The van der Waals surface area contributed by atoms with E-state index in [1.807, 2.05) is 27.7 Å². The van der Waals surface area contributed by atoms with Gasteiger partial charge in [-0.05, 0) is 30.0 Å². The zero-order chi connectivity index (χ0) is 17.6. The van der Waals surface area contributed by atoms with Crippen LogP contribution in [0.1, 0.15) is 34.6 Å². The summed E-state index contributed by atoms with van der Waals surface area (Å²) < 4.78 is 13.6. The number of carbonyl (C=O) groups is 2. The predicted octanol–water partition coefficient (Wildman–Crippen LogP) is 3.93. The van der Waals surface area contributed by atoms with Crippen molar-refractivity contribution in [2.45, 2.75) is 34.6 Å². The van der Waals surface area contributed by atoms with Crippen LogP contribution in [-0.4, -0.2) is 29.9 Å². The fraction of sp³-hybridized carbons (Fsp3) is 0.529. The SMILES string of the molecule is CC(=O)Nc1cc(NC(=O)N(CC(C)C)CC(C)C)ccc1F. The molecule has 0 unspecified atom stereocenters. The highest BCUT2D eigenvalue weighted by atomic mass is 19.1. The Bertz CT molecular complexity index is 549. The maximum Gasteiger partial charge on any atom is 0.321 e. The zero-order valence-electron chi connectivity index (χ0n) is 14.4. The average Bonchev–Trinajstić information content (AvgIpc) is 2.40. The summed E-state index contributed by atoms with van der Waals surface area (Å²) in [5.41, 5.74) is 0.493. The van der Waals surface area contributed by atoms with Crippen molar-refractivity contribution in [3.8, 4) is 0 Å². The number of hydrogen-bond donors (Lipinski definition) is 2. The molecule has 0 aliphatic rings. The number of nitrogens with zero attached hydrogens (tertiary/aromatic N) is 1. The number of carbonyl (C=O) groups excluding carboxylic acids is 2. The lowest BCUT2D eigenvalue weighted by atomic mass is 10.1. The van der Waals surface area contributed by atoms with E-state index in [0.717, 1.165) is 0 Å². The Morgan fingerprint density at radius 3 is 2.13 bits per heavy atom. The number of hydrogen-bond acceptors (Lipinski definition) is 2. The first-order valence-electron chi connectivity index (χ1n) is 7.82. The molecule has 0 heterocycles. The van der Waals surface area contributed by atoms with Crippen molar-refractivity contribution in [1.29, 1.82) is 0 Å². The molecule has 0 aromatic heterocycles. The minimum absolute atomic E-state index is 0.0505. The van der Waals surface area contributed by atoms with Crippen LogP contribution in [0.2, 0.25) is 0 Å². The van der Waals surface area contributed by atoms with Crippen LogP contribution < -0.4 is 10.6 Å². The maximum absolute atomic E-state index is 13.6. The van der Waals surface area contributed by atoms with E-state index in [1.165, 1.54) is 25.1 Å². The molecule has 1 rings (SSSR count). The molecule has 1 aromatic rings. The van der Waals surface area contributed by atoms with E-state index < -0.39 is 5.82 Å². The molecule has 128 valence electrons. The molecule has 0 aliphatic carbocycles. The predicted molar refractivity (Wildman–Crippen MR) is 91.0 cm³/mol. The van der Waals surface area contributed by atoms with Crippen LogP contribution in [0.15, 0.2) is 18.2 Å². The molecule has 2 N–H and O–H groups in total. The number of rotatable bonds is 6. The van der Waals surface area contributed by atoms with Crippen LogP contribution in [0.25, 0.3) is 0 Å². The fourth-order valence-electron chi connectivity index (χ4n) is 2.21. The molecule has 0 saturated heterocycles. The lowest BCUT2D eigenvalue weighted by Crippen LogP contribution is -2.39. The smallest absolute Gasteiger partial charge is 0.321 e. The fourth-order valence-corrected chi connectivity index (χ4v) is 2.21. The Balaban J connectivity index is 2.86. The van der Waals surface area contributed by atoms with Crippen molar-refractivity contribution in [2.24, 2.45) is 11.8 Å². The normalized spacial score (nSPS) is 10.8. The van der Waals surface area contributed by atoms with Crippen LogP contribution in [0.3, 0.4) is 0 Å². The highest BCUT2D eigenvalue weighted by molar-refractivity contribution is 5.92. The second kappa shape index (κ2) is 8.50. The summed E-state index contributed by atoms with van der Waals surface area (Å²) in [5.74, 6) is -0.210. The molecule has 0 saturated carbocycles. The third-order valence-electron chi connectivity index (χ3n) is 2.99. The van der Waals surface area contributed by atoms with Gasteiger partial charge in [-0.25, -0.2) is 9.18 Å². The van der Waals surface area contributed by atoms with Gasteiger partial charge in [0.2, 0.25) is 5.91 Å². The van der Waals surface area contributed by atoms with Gasteiger partial charge in [-0.15, -0.1) is 0 Å². The van der Waals surface area contributed by atoms with Crippen molar-refractivity contribution in [3.05, 3.63) is 24.0 Å². The summed E-state index contributed by atoms with van der Waals surface area (Å²) in [5, 5.41) is 5.16. The summed E-state index contributed by atoms with van der Waals surface area (Å²) in [6, 6.07) is 3.88. The number of anilines is 2. The number of benzene rings is 1. The number of amides is 3. The molecule has 0 fully saturated rings. The molecule has 23 heavy (non-hydrogen) atoms. The molecule has 0 spiro atoms. The third-order valence-corrected chi connectivity index (χ3v) is 2.99. The van der Waals surface area contributed by atoms with Gasteiger partial charge in [0.15, 0.2) is 0 Å². The topological polar surface area (TPSA) is 61.4 Å². The van der Waals surface area contributed by atoms with E-state index in [0.29, 0.717) is 30.6 Å². The average molecular weight is 323 g/mol. The summed E-state index contributed by atoms with van der Waals surface area (Å²) in [7, 11) is 0. The molecule has 0 bridgehead atoms. The Labute approximate surface area is 137 Å². The molecule has 0 atom stereocenters. The van der Waals surface area contributed by atoms with E-state index in [4.69, 9.17) is 0 Å². The van der Waals surface area contributed by atoms with Gasteiger partial charge in [-0.1, -0.05) is 27.7 Å². The molecule has 0 aliphatic heterocycles. The van der Waals surface area contributed by atoms with Gasteiger partial charge in [-0.3, -0.25) is 4.79 Å². The first-order chi connectivity index (χ1) is 10.7. The number of urea groups is 1. The first kappa shape index (κ1) is 18.9. The quantitative estimate of drug-likeness (QED) is 0.833. The van der Waals surface area contributed by atoms with Crippen molar-refractivity contribution < 1.29 is 14.0 Å². The molecule has 3 amide bonds. The second-order valence-corrected chi connectivity index (χ2v) is 6.50. The lowest BCUT2D eigenvalue weighted by molar-refractivity contribution is -0.114. The standard InChI is InChI=1S/C17H26FN3O2/c1-11(2)9-21(10-12(3)4)17(23)20-14-6-7-15(18)16(8-14)19-13(5)22/h6-8,11-12H,9-10H2,1-5H3,(H,19,22)(H,20,23). The summed E-state index contributed by atoms with van der Waals surface area (Å²) in [6.45, 7) is 10.8. The third kappa shape index (κ3) is 6.67. The van der Waals surface area contributed by atoms with Crippen molar-refractivity contribution in [1.82, 2.24) is 4.90 Å². The van der Waals surface area contributed by atoms with Gasteiger partial charge in [-0.2, -0.15) is 0 Å². The van der Waals surface area contributed by atoms with Gasteiger partial charge < -0.3 is 15.5 Å². The number of nitrogens with one attached hydrogen (secondary N) is 2. The van der Waals surface area contributed by atoms with E-state index in [2.05, 4.69) is 10.6 Å². The second-order valence-electron chi connectivity index (χ2n) is 6.50. The highest BCUT2D eigenvalue weighted by Crippen LogP contribution is 2.20. The zero-order valence-corrected chi connectivity index (χ0v) is 14.4. The van der Waals surface area contributed by atoms with E-state index in [-0.39, 0.29) is 17.6 Å². The molecule has 5 nitrogen and oxygen atoms in total. The highest BCUT2D eigenvalue weighted by Gasteiger charge is 2.17. The Kier molecular flexibility index (Phi) is 7.00. The van der Waals surface area contributed by atoms with Crippen LogP contribution in [0, 0.1) is 17.7 Å². The molecule has 1 aromatic carbocycles.